The molecule has 7 heterocycles. The number of fused-ring (bicyclic) bond motifs is 5. The molecule has 3 saturated heterocycles. The van der Waals surface area contributed by atoms with E-state index in [0.717, 1.165) is 0 Å². The van der Waals surface area contributed by atoms with E-state index in [-0.39, 0.29) is 34.6 Å². The standard InChI is InChI=1S/C42H58N10O13P2Si2/c1-41(2,3)68(7,8)64-30-26-19-59-66(55,56)33-27(62-40(32(33)65-69(9,10)42(4,5)6)52-24-49-29-36(52)46-22-47-38(29)54)20-60-67(57,58-18-14-17-43)63-31(30)39(61-26)51-23-48-28-34(44-21-45-35(28)51)50-37(53)25-15-12-11-13-16-25/h11-13,15-16,21-24,26-27,30-33,39-40H,14,18-20H2,1-10H3,(H,55,56)(H,46,47,54)(H,44,45,50,53)/t26?,27?,30-,31-,32-,33-,39?,40?,67?/m1/s1. The Morgan fingerprint density at radius 2 is 1.48 bits per heavy atom. The van der Waals surface area contributed by atoms with E-state index < -0.39 is 122 Å². The Labute approximate surface area is 400 Å². The molecule has 8 rings (SSSR count). The number of aromatic nitrogens is 8. The van der Waals surface area contributed by atoms with E-state index in [0.29, 0.717) is 5.56 Å². The van der Waals surface area contributed by atoms with Crippen LogP contribution in [0.15, 0.2) is 60.4 Å². The van der Waals surface area contributed by atoms with Gasteiger partial charge in [0.2, 0.25) is 0 Å². The first kappa shape index (κ1) is 51.0. The molecule has 5 aromatic rings. The predicted molar refractivity (Wildman–Crippen MR) is 254 cm³/mol. The van der Waals surface area contributed by atoms with Gasteiger partial charge in [-0.15, -0.1) is 0 Å². The highest BCUT2D eigenvalue weighted by atomic mass is 31.2. The van der Waals surface area contributed by atoms with Crippen LogP contribution in [0.1, 0.15) is 70.8 Å². The number of amides is 1. The zero-order valence-electron chi connectivity index (χ0n) is 40.0. The molecular weight excluding hydrogens is 971 g/mol. The second-order valence-electron chi connectivity index (χ2n) is 20.1. The summed E-state index contributed by atoms with van der Waals surface area (Å²) in [6, 6.07) is 10.5. The van der Waals surface area contributed by atoms with Gasteiger partial charge in [-0.2, -0.15) is 5.26 Å². The third kappa shape index (κ3) is 10.1. The highest BCUT2D eigenvalue weighted by molar-refractivity contribution is 7.53. The van der Waals surface area contributed by atoms with E-state index in [1.165, 1.54) is 34.4 Å². The number of carbonyl (C=O) groups excluding carboxylic acids is 1. The maximum atomic E-state index is 15.4. The normalized spacial score (nSPS) is 29.3. The summed E-state index contributed by atoms with van der Waals surface area (Å²) in [6.45, 7) is 18.3. The molecule has 0 radical (unpaired) electrons. The van der Waals surface area contributed by atoms with Gasteiger partial charge in [-0.25, -0.2) is 29.5 Å². The van der Waals surface area contributed by atoms with E-state index in [1.807, 2.05) is 73.8 Å². The molecule has 27 heteroatoms. The Balaban J connectivity index is 1.24. The second-order valence-corrected chi connectivity index (χ2v) is 33.3. The zero-order chi connectivity index (χ0) is 49.9. The lowest BCUT2D eigenvalue weighted by Crippen LogP contribution is -2.51. The molecule has 3 N–H and O–H groups in total. The van der Waals surface area contributed by atoms with Gasteiger partial charge in [0.15, 0.2) is 57.2 Å². The lowest BCUT2D eigenvalue weighted by Gasteiger charge is -2.42. The summed E-state index contributed by atoms with van der Waals surface area (Å²) in [5.74, 6) is -0.360. The zero-order valence-corrected chi connectivity index (χ0v) is 43.8. The van der Waals surface area contributed by atoms with E-state index in [4.69, 9.17) is 36.4 Å². The van der Waals surface area contributed by atoms with Crippen molar-refractivity contribution < 1.29 is 55.2 Å². The molecule has 6 unspecified atom stereocenters. The van der Waals surface area contributed by atoms with Crippen molar-refractivity contribution in [3.63, 3.8) is 0 Å². The molecule has 1 amide bonds. The number of rotatable bonds is 11. The largest absolute Gasteiger partial charge is 0.475 e. The second kappa shape index (κ2) is 19.0. The molecule has 0 spiro atoms. The topological polar surface area (TPSA) is 288 Å². The maximum Gasteiger partial charge on any atom is 0.475 e. The molecule has 3 fully saturated rings. The van der Waals surface area contributed by atoms with Crippen molar-refractivity contribution in [3.8, 4) is 6.07 Å². The van der Waals surface area contributed by atoms with Gasteiger partial charge in [-0.05, 0) is 48.4 Å². The molecule has 10 atom stereocenters. The minimum Gasteiger partial charge on any atom is -0.408 e. The SMILES string of the molecule is CC(C)(C)[Si](C)(C)O[C@@H]1C2COP(=O)(O)[C@@H]3C(COP(=O)(OCCC#N)O[C@H]1C(n1cnc4c(NC(=O)c5ccccc5)ncnc41)O2)OC(n1cnc2c(=O)[nH]cnc21)[C@@H]3O[Si](C)(C)C(C)(C)C. The average molecular weight is 1030 g/mol. The smallest absolute Gasteiger partial charge is 0.408 e. The Hall–Kier alpha value is -4.39. The summed E-state index contributed by atoms with van der Waals surface area (Å²) >= 11 is 0. The Morgan fingerprint density at radius 3 is 2.14 bits per heavy atom. The van der Waals surface area contributed by atoms with E-state index >= 15 is 9.13 Å². The number of imidazole rings is 2. The lowest BCUT2D eigenvalue weighted by molar-refractivity contribution is -0.0583. The third-order valence-electron chi connectivity index (χ3n) is 13.5. The molecule has 3 aliphatic rings. The fraction of sp³-hybridized carbons (Fsp3) is 0.571. The minimum atomic E-state index is -4.97. The van der Waals surface area contributed by atoms with Gasteiger partial charge in [-0.3, -0.25) is 36.9 Å². The number of ether oxygens (including phenoxy) is 2. The molecule has 0 aliphatic carbocycles. The fourth-order valence-corrected chi connectivity index (χ4v) is 13.6. The van der Waals surface area contributed by atoms with Crippen molar-refractivity contribution in [1.82, 2.24) is 39.0 Å². The van der Waals surface area contributed by atoms with Gasteiger partial charge in [0.25, 0.3) is 11.5 Å². The molecule has 4 aromatic heterocycles. The summed E-state index contributed by atoms with van der Waals surface area (Å²) in [4.78, 5) is 63.0. The molecular formula is C42H58N10O13P2Si2. The van der Waals surface area contributed by atoms with E-state index in [9.17, 15) is 19.7 Å². The first-order chi connectivity index (χ1) is 32.3. The minimum absolute atomic E-state index is 0.0117. The average Bonchev–Trinajstić information content (AvgIpc) is 4.06. The van der Waals surface area contributed by atoms with Crippen LogP contribution < -0.4 is 10.9 Å². The fourth-order valence-electron chi connectivity index (χ4n) is 7.79. The number of benzene rings is 1. The summed E-state index contributed by atoms with van der Waals surface area (Å²) < 4.78 is 85.9. The van der Waals surface area contributed by atoms with Crippen LogP contribution >= 0.6 is 15.4 Å². The first-order valence-electron chi connectivity index (χ1n) is 22.4. The van der Waals surface area contributed by atoms with Crippen molar-refractivity contribution in [3.05, 3.63) is 71.6 Å². The first-order valence-corrected chi connectivity index (χ1v) is 31.3. The van der Waals surface area contributed by atoms with E-state index in [1.54, 1.807) is 30.3 Å². The molecule has 2 bridgehead atoms. The number of nitrogens with one attached hydrogen (secondary N) is 2. The van der Waals surface area contributed by atoms with Crippen LogP contribution in [0.4, 0.5) is 5.82 Å². The van der Waals surface area contributed by atoms with Gasteiger partial charge in [0.05, 0.1) is 51.3 Å². The number of aromatic amines is 1. The number of H-pyrrole nitrogens is 1. The number of nitriles is 1. The van der Waals surface area contributed by atoms with Crippen molar-refractivity contribution >= 4 is 66.1 Å². The van der Waals surface area contributed by atoms with Crippen molar-refractivity contribution in [2.45, 2.75) is 133 Å². The van der Waals surface area contributed by atoms with Crippen LogP contribution in [0.3, 0.4) is 0 Å². The Kier molecular flexibility index (Phi) is 14.0. The third-order valence-corrected chi connectivity index (χ3v) is 25.8. The predicted octanol–water partition coefficient (Wildman–Crippen LogP) is 6.81. The molecule has 0 saturated carbocycles. The molecule has 23 nitrogen and oxygen atoms in total. The number of nitrogens with zero attached hydrogens (tertiary/aromatic N) is 8. The van der Waals surface area contributed by atoms with Crippen LogP contribution in [0.5, 0.6) is 0 Å². The van der Waals surface area contributed by atoms with E-state index in [2.05, 4.69) is 35.2 Å². The number of hydrogen-bond acceptors (Lipinski definition) is 18. The quantitative estimate of drug-likeness (QED) is 0.0695. The van der Waals surface area contributed by atoms with Gasteiger partial charge in [-0.1, -0.05) is 59.7 Å². The number of hydrogen-bond donors (Lipinski definition) is 3. The number of phosphoric ester groups is 1. The molecule has 3 aliphatic heterocycles. The lowest BCUT2D eigenvalue weighted by atomic mass is 10.1. The Morgan fingerprint density at radius 1 is 0.870 bits per heavy atom. The van der Waals surface area contributed by atoms with Crippen molar-refractivity contribution in [1.29, 1.82) is 5.26 Å². The van der Waals surface area contributed by atoms with Crippen LogP contribution in [-0.2, 0) is 45.6 Å². The van der Waals surface area contributed by atoms with Crippen molar-refractivity contribution in [2.75, 3.05) is 25.1 Å². The number of phosphoric acid groups is 1. The summed E-state index contributed by atoms with van der Waals surface area (Å²) in [6.07, 6.45) is -4.05. The number of carbonyl (C=O) groups is 1. The number of anilines is 1. The molecule has 1 aromatic carbocycles. The maximum absolute atomic E-state index is 15.4. The molecule has 69 heavy (non-hydrogen) atoms. The van der Waals surface area contributed by atoms with Gasteiger partial charge in [0.1, 0.15) is 42.5 Å². The van der Waals surface area contributed by atoms with Crippen LogP contribution in [0, 0.1) is 11.3 Å². The van der Waals surface area contributed by atoms with Crippen LogP contribution in [0.2, 0.25) is 36.3 Å². The monoisotopic (exact) mass is 1030 g/mol. The highest BCUT2D eigenvalue weighted by Crippen LogP contribution is 2.61. The van der Waals surface area contributed by atoms with Gasteiger partial charge >= 0.3 is 15.4 Å². The van der Waals surface area contributed by atoms with Crippen LogP contribution in [0.25, 0.3) is 22.3 Å². The summed E-state index contributed by atoms with van der Waals surface area (Å²) in [7, 11) is -15.6. The summed E-state index contributed by atoms with van der Waals surface area (Å²) in [5, 5.41) is 11.5. The molecule has 372 valence electrons. The van der Waals surface area contributed by atoms with Gasteiger partial charge in [0, 0.05) is 5.56 Å². The summed E-state index contributed by atoms with van der Waals surface area (Å²) in [5.41, 5.74) is -1.24. The Bertz CT molecular complexity index is 2900. The highest BCUT2D eigenvalue weighted by Gasteiger charge is 2.61. The van der Waals surface area contributed by atoms with Gasteiger partial charge < -0.3 is 38.0 Å². The van der Waals surface area contributed by atoms with Crippen LogP contribution in [-0.4, -0.2) is 122 Å². The van der Waals surface area contributed by atoms with Crippen molar-refractivity contribution in [2.24, 2.45) is 0 Å².